The minimum atomic E-state index is -0.811. The maximum atomic E-state index is 10.7. The van der Waals surface area contributed by atoms with Crippen LogP contribution in [0.4, 0.5) is 4.79 Å². The van der Waals surface area contributed by atoms with Crippen molar-refractivity contribution < 1.29 is 15.0 Å². The molecule has 1 saturated heterocycles. The Labute approximate surface area is 84.5 Å². The number of aliphatic hydroxyl groups excluding tert-OH is 1. The number of aliphatic hydroxyl groups is 1. The highest BCUT2D eigenvalue weighted by Gasteiger charge is 2.30. The molecule has 0 bridgehead atoms. The summed E-state index contributed by atoms with van der Waals surface area (Å²) in [6.07, 6.45) is 2.84. The van der Waals surface area contributed by atoms with Crippen molar-refractivity contribution in [3.05, 3.63) is 0 Å². The highest BCUT2D eigenvalue weighted by Crippen LogP contribution is 2.35. The predicted octanol–water partition coefficient (Wildman–Crippen LogP) is 1.54. The van der Waals surface area contributed by atoms with E-state index < -0.39 is 6.09 Å². The number of rotatable bonds is 3. The van der Waals surface area contributed by atoms with Gasteiger partial charge in [0, 0.05) is 19.7 Å². The first kappa shape index (κ1) is 11.3. The molecular weight excluding hydrogens is 182 g/mol. The van der Waals surface area contributed by atoms with Crippen LogP contribution in [0.5, 0.6) is 0 Å². The smallest absolute Gasteiger partial charge is 0.407 e. The summed E-state index contributed by atoms with van der Waals surface area (Å²) in [5, 5.41) is 17.5. The van der Waals surface area contributed by atoms with Gasteiger partial charge in [-0.25, -0.2) is 4.79 Å². The number of nitrogens with zero attached hydrogens (tertiary/aromatic N) is 1. The molecule has 82 valence electrons. The highest BCUT2D eigenvalue weighted by atomic mass is 16.4. The summed E-state index contributed by atoms with van der Waals surface area (Å²) in [5.74, 6) is 0. The lowest BCUT2D eigenvalue weighted by Crippen LogP contribution is -2.41. The molecule has 14 heavy (non-hydrogen) atoms. The van der Waals surface area contributed by atoms with Crippen LogP contribution in [0.1, 0.15) is 32.6 Å². The first-order valence-electron chi connectivity index (χ1n) is 5.16. The van der Waals surface area contributed by atoms with E-state index >= 15 is 0 Å². The van der Waals surface area contributed by atoms with E-state index in [4.69, 9.17) is 10.2 Å². The Morgan fingerprint density at radius 2 is 2.00 bits per heavy atom. The SMILES string of the molecule is CC1(CCCO)CCN(C(=O)O)CC1. The second kappa shape index (κ2) is 4.64. The van der Waals surface area contributed by atoms with E-state index in [2.05, 4.69) is 6.92 Å². The molecule has 0 atom stereocenters. The molecule has 0 aromatic carbocycles. The molecule has 0 aliphatic carbocycles. The van der Waals surface area contributed by atoms with E-state index in [1.807, 2.05) is 0 Å². The van der Waals surface area contributed by atoms with Gasteiger partial charge < -0.3 is 15.1 Å². The summed E-state index contributed by atoms with van der Waals surface area (Å²) in [7, 11) is 0. The fourth-order valence-corrected chi connectivity index (χ4v) is 1.99. The zero-order valence-electron chi connectivity index (χ0n) is 8.70. The third kappa shape index (κ3) is 2.87. The molecule has 2 N–H and O–H groups in total. The largest absolute Gasteiger partial charge is 0.465 e. The standard InChI is InChI=1S/C10H19NO3/c1-10(3-2-8-12)4-6-11(7-5-10)9(13)14/h12H,2-8H2,1H3,(H,13,14). The number of hydrogen-bond acceptors (Lipinski definition) is 2. The molecule has 4 heteroatoms. The first-order chi connectivity index (χ1) is 6.57. The second-order valence-corrected chi connectivity index (χ2v) is 4.41. The van der Waals surface area contributed by atoms with Crippen molar-refractivity contribution in [2.75, 3.05) is 19.7 Å². The summed E-state index contributed by atoms with van der Waals surface area (Å²) in [6, 6.07) is 0. The average molecular weight is 201 g/mol. The molecule has 0 aromatic heterocycles. The van der Waals surface area contributed by atoms with Crippen molar-refractivity contribution in [3.63, 3.8) is 0 Å². The van der Waals surface area contributed by atoms with Gasteiger partial charge >= 0.3 is 6.09 Å². The van der Waals surface area contributed by atoms with Gasteiger partial charge in [0.05, 0.1) is 0 Å². The Kier molecular flexibility index (Phi) is 3.75. The number of amides is 1. The zero-order chi connectivity index (χ0) is 10.6. The zero-order valence-corrected chi connectivity index (χ0v) is 8.70. The van der Waals surface area contributed by atoms with Crippen LogP contribution >= 0.6 is 0 Å². The van der Waals surface area contributed by atoms with Gasteiger partial charge in [0.2, 0.25) is 0 Å². The summed E-state index contributed by atoms with van der Waals surface area (Å²) in [6.45, 7) is 3.69. The normalized spacial score (nSPS) is 20.9. The molecule has 1 amide bonds. The van der Waals surface area contributed by atoms with Gasteiger partial charge in [-0.1, -0.05) is 6.92 Å². The number of likely N-dealkylation sites (tertiary alicyclic amines) is 1. The van der Waals surface area contributed by atoms with Gasteiger partial charge in [0.1, 0.15) is 0 Å². The van der Waals surface area contributed by atoms with E-state index in [1.165, 1.54) is 4.90 Å². The van der Waals surface area contributed by atoms with Crippen molar-refractivity contribution in [1.82, 2.24) is 4.90 Å². The molecule has 0 radical (unpaired) electrons. The maximum Gasteiger partial charge on any atom is 0.407 e. The second-order valence-electron chi connectivity index (χ2n) is 4.41. The lowest BCUT2D eigenvalue weighted by atomic mass is 9.77. The van der Waals surface area contributed by atoms with Crippen molar-refractivity contribution in [1.29, 1.82) is 0 Å². The van der Waals surface area contributed by atoms with Crippen molar-refractivity contribution in [2.45, 2.75) is 32.6 Å². The molecule has 0 aromatic rings. The minimum Gasteiger partial charge on any atom is -0.465 e. The van der Waals surface area contributed by atoms with Gasteiger partial charge in [-0.05, 0) is 31.1 Å². The van der Waals surface area contributed by atoms with E-state index in [9.17, 15) is 4.79 Å². The van der Waals surface area contributed by atoms with E-state index in [0.29, 0.717) is 13.1 Å². The van der Waals surface area contributed by atoms with Crippen molar-refractivity contribution in [3.8, 4) is 0 Å². The van der Waals surface area contributed by atoms with Crippen LogP contribution in [-0.2, 0) is 0 Å². The monoisotopic (exact) mass is 201 g/mol. The molecule has 0 spiro atoms. The Bertz CT molecular complexity index is 198. The molecular formula is C10H19NO3. The summed E-state index contributed by atoms with van der Waals surface area (Å²) < 4.78 is 0. The van der Waals surface area contributed by atoms with E-state index in [0.717, 1.165) is 25.7 Å². The molecule has 1 fully saturated rings. The minimum absolute atomic E-state index is 0.231. The van der Waals surface area contributed by atoms with Crippen LogP contribution < -0.4 is 0 Å². The number of hydrogen-bond donors (Lipinski definition) is 2. The quantitative estimate of drug-likeness (QED) is 0.728. The maximum absolute atomic E-state index is 10.7. The Balaban J connectivity index is 2.36. The molecule has 1 aliphatic heterocycles. The van der Waals surface area contributed by atoms with Gasteiger partial charge in [-0.15, -0.1) is 0 Å². The average Bonchev–Trinajstić information content (AvgIpc) is 2.16. The Morgan fingerprint density at radius 3 is 2.43 bits per heavy atom. The van der Waals surface area contributed by atoms with Crippen molar-refractivity contribution in [2.24, 2.45) is 5.41 Å². The van der Waals surface area contributed by atoms with Gasteiger partial charge in [0.25, 0.3) is 0 Å². The van der Waals surface area contributed by atoms with Crippen LogP contribution in [0.25, 0.3) is 0 Å². The van der Waals surface area contributed by atoms with Crippen LogP contribution in [0.15, 0.2) is 0 Å². The molecule has 0 saturated carbocycles. The summed E-state index contributed by atoms with van der Waals surface area (Å²) in [5.41, 5.74) is 0.231. The third-order valence-corrected chi connectivity index (χ3v) is 3.18. The van der Waals surface area contributed by atoms with Crippen LogP contribution in [-0.4, -0.2) is 40.9 Å². The van der Waals surface area contributed by atoms with E-state index in [-0.39, 0.29) is 12.0 Å². The number of carboxylic acid groups (broad SMARTS) is 1. The summed E-state index contributed by atoms with van der Waals surface area (Å²) >= 11 is 0. The molecule has 1 heterocycles. The Morgan fingerprint density at radius 1 is 1.43 bits per heavy atom. The van der Waals surface area contributed by atoms with Gasteiger partial charge in [-0.2, -0.15) is 0 Å². The highest BCUT2D eigenvalue weighted by molar-refractivity contribution is 5.65. The van der Waals surface area contributed by atoms with Crippen LogP contribution in [0.2, 0.25) is 0 Å². The van der Waals surface area contributed by atoms with Gasteiger partial charge in [0.15, 0.2) is 0 Å². The molecule has 0 unspecified atom stereocenters. The number of piperidine rings is 1. The fourth-order valence-electron chi connectivity index (χ4n) is 1.99. The van der Waals surface area contributed by atoms with Crippen molar-refractivity contribution >= 4 is 6.09 Å². The predicted molar refractivity (Wildman–Crippen MR) is 53.3 cm³/mol. The number of carbonyl (C=O) groups is 1. The van der Waals surface area contributed by atoms with Crippen LogP contribution in [0, 0.1) is 5.41 Å². The molecule has 1 aliphatic rings. The van der Waals surface area contributed by atoms with E-state index in [1.54, 1.807) is 0 Å². The third-order valence-electron chi connectivity index (χ3n) is 3.18. The first-order valence-corrected chi connectivity index (χ1v) is 5.16. The van der Waals surface area contributed by atoms with Gasteiger partial charge in [-0.3, -0.25) is 0 Å². The Hall–Kier alpha value is -0.770. The molecule has 4 nitrogen and oxygen atoms in total. The van der Waals surface area contributed by atoms with Crippen LogP contribution in [0.3, 0.4) is 0 Å². The lowest BCUT2D eigenvalue weighted by Gasteiger charge is -2.38. The lowest BCUT2D eigenvalue weighted by molar-refractivity contribution is 0.0888. The summed E-state index contributed by atoms with van der Waals surface area (Å²) in [4.78, 5) is 12.1. The fraction of sp³-hybridized carbons (Fsp3) is 0.900. The molecule has 1 rings (SSSR count). The topological polar surface area (TPSA) is 60.8 Å².